The van der Waals surface area contributed by atoms with Crippen molar-refractivity contribution in [3.05, 3.63) is 27.5 Å². The Bertz CT molecular complexity index is 364. The molecule has 1 aromatic heterocycles. The lowest BCUT2D eigenvalue weighted by molar-refractivity contribution is 0.150. The lowest BCUT2D eigenvalue weighted by Crippen LogP contribution is -2.13. The van der Waals surface area contributed by atoms with Crippen molar-refractivity contribution in [3.63, 3.8) is 0 Å². The largest absolute Gasteiger partial charge is 0.385 e. The number of alkyl halides is 3. The van der Waals surface area contributed by atoms with Gasteiger partial charge in [-0.2, -0.15) is 0 Å². The second-order valence-electron chi connectivity index (χ2n) is 2.42. The molecule has 0 saturated heterocycles. The van der Waals surface area contributed by atoms with Crippen LogP contribution in [0.25, 0.3) is 0 Å². The van der Waals surface area contributed by atoms with Crippen LogP contribution in [0.1, 0.15) is 17.6 Å². The Balaban J connectivity index is 3.38. The molecule has 13 heavy (non-hydrogen) atoms. The molecule has 0 amide bonds. The summed E-state index contributed by atoms with van der Waals surface area (Å²) in [5.74, 6) is -0.0142. The van der Waals surface area contributed by atoms with Crippen LogP contribution < -0.4 is 11.3 Å². The molecule has 0 bridgehead atoms. The summed E-state index contributed by atoms with van der Waals surface area (Å²) in [5, 5.41) is 0.190. The Morgan fingerprint density at radius 2 is 2.23 bits per heavy atom. The number of nitrogens with two attached hydrogens (primary N) is 1. The van der Waals surface area contributed by atoms with Gasteiger partial charge < -0.3 is 10.7 Å². The van der Waals surface area contributed by atoms with Crippen LogP contribution in [0.2, 0.25) is 0 Å². The fraction of sp³-hybridized carbons (Fsp3) is 0.286. The van der Waals surface area contributed by atoms with E-state index in [2.05, 4.69) is 20.9 Å². The third kappa shape index (κ3) is 2.06. The Kier molecular flexibility index (Phi) is 3.02. The van der Waals surface area contributed by atoms with Crippen LogP contribution in [0.5, 0.6) is 0 Å². The van der Waals surface area contributed by atoms with E-state index in [1.165, 1.54) is 0 Å². The van der Waals surface area contributed by atoms with Gasteiger partial charge in [-0.25, -0.2) is 8.78 Å². The zero-order chi connectivity index (χ0) is 10.0. The van der Waals surface area contributed by atoms with Crippen molar-refractivity contribution in [3.8, 4) is 0 Å². The minimum atomic E-state index is -2.68. The predicted octanol–water partition coefficient (Wildman–Crippen LogP) is 1.79. The van der Waals surface area contributed by atoms with Crippen LogP contribution in [-0.4, -0.2) is 4.98 Å². The number of rotatable bonds is 2. The van der Waals surface area contributed by atoms with Gasteiger partial charge in [0.15, 0.2) is 0 Å². The monoisotopic (exact) mass is 252 g/mol. The molecule has 72 valence electrons. The maximum atomic E-state index is 12.3. The van der Waals surface area contributed by atoms with Gasteiger partial charge in [0, 0.05) is 22.5 Å². The van der Waals surface area contributed by atoms with Gasteiger partial charge in [0.05, 0.1) is 0 Å². The van der Waals surface area contributed by atoms with Crippen molar-refractivity contribution in [2.45, 2.75) is 11.8 Å². The molecule has 0 spiro atoms. The van der Waals surface area contributed by atoms with Crippen molar-refractivity contribution in [2.75, 3.05) is 5.73 Å². The summed E-state index contributed by atoms with van der Waals surface area (Å²) in [6.45, 7) is 0. The molecule has 3 nitrogen and oxygen atoms in total. The standard InChI is InChI=1S/C7H7BrF2N2O/c8-2-4-3(6(9)10)1-5(13)12-7(4)11/h1,6H,2H2,(H3,11,12,13). The second-order valence-corrected chi connectivity index (χ2v) is 2.98. The molecular formula is C7H7BrF2N2O. The summed E-state index contributed by atoms with van der Waals surface area (Å²) in [4.78, 5) is 13.0. The summed E-state index contributed by atoms with van der Waals surface area (Å²) in [5.41, 5.74) is 4.65. The summed E-state index contributed by atoms with van der Waals surface area (Å²) in [6.07, 6.45) is -2.68. The molecule has 1 aromatic rings. The zero-order valence-corrected chi connectivity index (χ0v) is 8.07. The molecule has 0 aliphatic rings. The highest BCUT2D eigenvalue weighted by Crippen LogP contribution is 2.25. The average molecular weight is 253 g/mol. The van der Waals surface area contributed by atoms with Gasteiger partial charge in [-0.3, -0.25) is 4.79 Å². The number of nitrogen functional groups attached to an aromatic ring is 1. The van der Waals surface area contributed by atoms with E-state index in [9.17, 15) is 13.6 Å². The molecule has 1 rings (SSSR count). The minimum absolute atomic E-state index is 0.0142. The zero-order valence-electron chi connectivity index (χ0n) is 6.48. The number of aromatic nitrogens is 1. The van der Waals surface area contributed by atoms with Crippen LogP contribution in [0.4, 0.5) is 14.6 Å². The first-order valence-corrected chi connectivity index (χ1v) is 4.54. The fourth-order valence-electron chi connectivity index (χ4n) is 0.972. The van der Waals surface area contributed by atoms with Gasteiger partial charge in [-0.05, 0) is 0 Å². The van der Waals surface area contributed by atoms with Crippen LogP contribution >= 0.6 is 15.9 Å². The molecule has 0 aliphatic heterocycles. The summed E-state index contributed by atoms with van der Waals surface area (Å²) >= 11 is 3.02. The highest BCUT2D eigenvalue weighted by Gasteiger charge is 2.15. The molecule has 0 radical (unpaired) electrons. The molecular weight excluding hydrogens is 246 g/mol. The van der Waals surface area contributed by atoms with E-state index in [1.807, 2.05) is 0 Å². The van der Waals surface area contributed by atoms with E-state index in [0.29, 0.717) is 0 Å². The van der Waals surface area contributed by atoms with Crippen molar-refractivity contribution >= 4 is 21.7 Å². The van der Waals surface area contributed by atoms with Gasteiger partial charge in [-0.15, -0.1) is 0 Å². The molecule has 0 fully saturated rings. The average Bonchev–Trinajstić information content (AvgIpc) is 2.02. The van der Waals surface area contributed by atoms with Crippen LogP contribution in [0, 0.1) is 0 Å². The first-order chi connectivity index (χ1) is 6.06. The molecule has 1 heterocycles. The highest BCUT2D eigenvalue weighted by atomic mass is 79.9. The molecule has 6 heteroatoms. The minimum Gasteiger partial charge on any atom is -0.385 e. The number of aromatic amines is 1. The van der Waals surface area contributed by atoms with E-state index >= 15 is 0 Å². The number of hydrogen-bond acceptors (Lipinski definition) is 2. The summed E-state index contributed by atoms with van der Waals surface area (Å²) in [7, 11) is 0. The van der Waals surface area contributed by atoms with E-state index in [0.717, 1.165) is 6.07 Å². The number of pyridine rings is 1. The Labute approximate surface area is 81.1 Å². The van der Waals surface area contributed by atoms with Gasteiger partial charge in [-0.1, -0.05) is 15.9 Å². The molecule has 3 N–H and O–H groups in total. The number of nitrogens with one attached hydrogen (secondary N) is 1. The Hall–Kier alpha value is -0.910. The first-order valence-electron chi connectivity index (χ1n) is 3.42. The van der Waals surface area contributed by atoms with Crippen LogP contribution in [-0.2, 0) is 5.33 Å². The van der Waals surface area contributed by atoms with E-state index in [-0.39, 0.29) is 22.3 Å². The van der Waals surface area contributed by atoms with Crippen molar-refractivity contribution in [2.24, 2.45) is 0 Å². The number of H-pyrrole nitrogens is 1. The molecule has 0 saturated carbocycles. The maximum Gasteiger partial charge on any atom is 0.264 e. The van der Waals surface area contributed by atoms with Crippen LogP contribution in [0.3, 0.4) is 0 Å². The predicted molar refractivity (Wildman–Crippen MR) is 49.1 cm³/mol. The molecule has 0 aliphatic carbocycles. The van der Waals surface area contributed by atoms with Crippen molar-refractivity contribution in [1.29, 1.82) is 0 Å². The highest BCUT2D eigenvalue weighted by molar-refractivity contribution is 9.08. The lowest BCUT2D eigenvalue weighted by Gasteiger charge is -2.07. The quantitative estimate of drug-likeness (QED) is 0.789. The van der Waals surface area contributed by atoms with Crippen molar-refractivity contribution < 1.29 is 8.78 Å². The number of halogens is 3. The van der Waals surface area contributed by atoms with Gasteiger partial charge >= 0.3 is 0 Å². The maximum absolute atomic E-state index is 12.3. The molecule has 0 unspecified atom stereocenters. The third-order valence-electron chi connectivity index (χ3n) is 1.59. The lowest BCUT2D eigenvalue weighted by atomic mass is 10.1. The third-order valence-corrected chi connectivity index (χ3v) is 2.15. The summed E-state index contributed by atoms with van der Waals surface area (Å²) < 4.78 is 24.7. The summed E-state index contributed by atoms with van der Waals surface area (Å²) in [6, 6.07) is 0.859. The number of hydrogen-bond donors (Lipinski definition) is 2. The molecule has 0 atom stereocenters. The SMILES string of the molecule is Nc1[nH]c(=O)cc(C(F)F)c1CBr. The van der Waals surface area contributed by atoms with E-state index < -0.39 is 12.0 Å². The topological polar surface area (TPSA) is 58.9 Å². The van der Waals surface area contributed by atoms with Gasteiger partial charge in [0.1, 0.15) is 5.82 Å². The Morgan fingerprint density at radius 3 is 2.69 bits per heavy atom. The first kappa shape index (κ1) is 10.2. The van der Waals surface area contributed by atoms with Crippen LogP contribution in [0.15, 0.2) is 10.9 Å². The van der Waals surface area contributed by atoms with Crippen molar-refractivity contribution in [1.82, 2.24) is 4.98 Å². The van der Waals surface area contributed by atoms with Gasteiger partial charge in [0.25, 0.3) is 6.43 Å². The molecule has 0 aromatic carbocycles. The van der Waals surface area contributed by atoms with E-state index in [4.69, 9.17) is 5.73 Å². The van der Waals surface area contributed by atoms with E-state index in [1.54, 1.807) is 0 Å². The normalized spacial score (nSPS) is 10.8. The Morgan fingerprint density at radius 1 is 1.62 bits per heavy atom. The number of anilines is 1. The van der Waals surface area contributed by atoms with Gasteiger partial charge in [0.2, 0.25) is 5.56 Å². The fourth-order valence-corrected chi connectivity index (χ4v) is 1.60. The smallest absolute Gasteiger partial charge is 0.264 e. The second kappa shape index (κ2) is 3.87.